The quantitative estimate of drug-likeness (QED) is 0.678. The summed E-state index contributed by atoms with van der Waals surface area (Å²) < 4.78 is 0. The van der Waals surface area contributed by atoms with Crippen LogP contribution in [0, 0.1) is 6.92 Å². The lowest BCUT2D eigenvalue weighted by molar-refractivity contribution is 1.28. The lowest BCUT2D eigenvalue weighted by atomic mass is 10.2. The monoisotopic (exact) mass is 230 g/mol. The number of halogens is 1. The molecule has 0 radical (unpaired) electrons. The van der Waals surface area contributed by atoms with Gasteiger partial charge < -0.3 is 0 Å². The number of thiophene rings is 1. The molecule has 1 aromatic rings. The molecule has 0 spiro atoms. The number of aryl methyl sites for hydroxylation is 1. The van der Waals surface area contributed by atoms with E-state index in [0.717, 1.165) is 0 Å². The molecule has 0 aliphatic carbocycles. The summed E-state index contributed by atoms with van der Waals surface area (Å²) in [6, 6.07) is 2.14. The highest BCUT2D eigenvalue weighted by molar-refractivity contribution is 9.09. The number of hydrogen-bond donors (Lipinski definition) is 0. The summed E-state index contributed by atoms with van der Waals surface area (Å²) in [6.07, 6.45) is 4.32. The van der Waals surface area contributed by atoms with Gasteiger partial charge in [-0.25, -0.2) is 0 Å². The van der Waals surface area contributed by atoms with Gasteiger partial charge in [0.05, 0.1) is 0 Å². The molecular formula is C9H11BrS. The van der Waals surface area contributed by atoms with Gasteiger partial charge in [0.2, 0.25) is 0 Å². The molecule has 0 fully saturated rings. The molecule has 1 unspecified atom stereocenters. The summed E-state index contributed by atoms with van der Waals surface area (Å²) in [4.78, 5) is 1.82. The van der Waals surface area contributed by atoms with Crippen LogP contribution in [-0.2, 0) is 0 Å². The predicted octanol–water partition coefficient (Wildman–Crippen LogP) is 3.85. The van der Waals surface area contributed by atoms with Crippen LogP contribution in [0.1, 0.15) is 17.4 Å². The van der Waals surface area contributed by atoms with Crippen LogP contribution >= 0.6 is 27.3 Å². The second-order valence-corrected chi connectivity index (χ2v) is 4.90. The molecule has 0 aromatic carbocycles. The second kappa shape index (κ2) is 4.07. The molecule has 0 nitrogen and oxygen atoms in total. The highest BCUT2D eigenvalue weighted by atomic mass is 79.9. The van der Waals surface area contributed by atoms with Crippen LogP contribution in [0.3, 0.4) is 0 Å². The Morgan fingerprint density at radius 1 is 1.64 bits per heavy atom. The van der Waals surface area contributed by atoms with Crippen molar-refractivity contribution in [1.29, 1.82) is 0 Å². The SMILES string of the molecule is Cc1ccsc1/C=C/C(C)Br. The molecule has 2 heteroatoms. The molecule has 0 aliphatic heterocycles. The Morgan fingerprint density at radius 3 is 2.82 bits per heavy atom. The van der Waals surface area contributed by atoms with Crippen LogP contribution in [0.15, 0.2) is 17.5 Å². The Hall–Kier alpha value is -0.0800. The van der Waals surface area contributed by atoms with Gasteiger partial charge in [-0.15, -0.1) is 11.3 Å². The van der Waals surface area contributed by atoms with Crippen LogP contribution in [0.5, 0.6) is 0 Å². The van der Waals surface area contributed by atoms with Gasteiger partial charge in [-0.05, 0) is 36.9 Å². The fraction of sp³-hybridized carbons (Fsp3) is 0.333. The van der Waals surface area contributed by atoms with Crippen molar-refractivity contribution >= 4 is 33.3 Å². The van der Waals surface area contributed by atoms with Gasteiger partial charge in [0.1, 0.15) is 0 Å². The minimum absolute atomic E-state index is 0.462. The first kappa shape index (κ1) is 9.01. The van der Waals surface area contributed by atoms with Crippen molar-refractivity contribution in [3.8, 4) is 0 Å². The van der Waals surface area contributed by atoms with Crippen LogP contribution in [0.2, 0.25) is 0 Å². The minimum atomic E-state index is 0.462. The first-order valence-electron chi connectivity index (χ1n) is 3.56. The Balaban J connectivity index is 2.71. The molecular weight excluding hydrogens is 220 g/mol. The van der Waals surface area contributed by atoms with Gasteiger partial charge in [-0.2, -0.15) is 0 Å². The number of allylic oxidation sites excluding steroid dienone is 1. The summed E-state index contributed by atoms with van der Waals surface area (Å²) in [6.45, 7) is 4.24. The Kier molecular flexibility index (Phi) is 3.34. The van der Waals surface area contributed by atoms with Crippen molar-refractivity contribution in [2.24, 2.45) is 0 Å². The van der Waals surface area contributed by atoms with Crippen LogP contribution < -0.4 is 0 Å². The van der Waals surface area contributed by atoms with E-state index in [1.165, 1.54) is 10.4 Å². The number of alkyl halides is 1. The predicted molar refractivity (Wildman–Crippen MR) is 56.5 cm³/mol. The summed E-state index contributed by atoms with van der Waals surface area (Å²) in [5, 5.41) is 2.12. The lowest BCUT2D eigenvalue weighted by Crippen LogP contribution is -1.78. The third kappa shape index (κ3) is 2.80. The zero-order valence-electron chi connectivity index (χ0n) is 6.67. The van der Waals surface area contributed by atoms with Crippen LogP contribution in [-0.4, -0.2) is 4.83 Å². The van der Waals surface area contributed by atoms with Gasteiger partial charge in [0.25, 0.3) is 0 Å². The molecule has 1 rings (SSSR count). The first-order chi connectivity index (χ1) is 5.20. The third-order valence-electron chi connectivity index (χ3n) is 1.41. The maximum absolute atomic E-state index is 3.46. The average molecular weight is 231 g/mol. The highest BCUT2D eigenvalue weighted by Crippen LogP contribution is 2.17. The smallest absolute Gasteiger partial charge is 0.0300 e. The molecule has 0 saturated heterocycles. The maximum atomic E-state index is 3.46. The average Bonchev–Trinajstić information content (AvgIpc) is 2.31. The van der Waals surface area contributed by atoms with Crippen LogP contribution in [0.25, 0.3) is 6.08 Å². The molecule has 0 bridgehead atoms. The van der Waals surface area contributed by atoms with Crippen molar-refractivity contribution in [2.45, 2.75) is 18.7 Å². The van der Waals surface area contributed by atoms with E-state index < -0.39 is 0 Å². The molecule has 1 heterocycles. The molecule has 0 N–H and O–H groups in total. The van der Waals surface area contributed by atoms with Crippen molar-refractivity contribution in [1.82, 2.24) is 0 Å². The van der Waals surface area contributed by atoms with Crippen LogP contribution in [0.4, 0.5) is 0 Å². The largest absolute Gasteiger partial charge is 0.144 e. The topological polar surface area (TPSA) is 0 Å². The highest BCUT2D eigenvalue weighted by Gasteiger charge is 1.94. The fourth-order valence-corrected chi connectivity index (χ4v) is 1.76. The summed E-state index contributed by atoms with van der Waals surface area (Å²) in [5.74, 6) is 0. The van der Waals surface area contributed by atoms with Gasteiger partial charge in [-0.1, -0.05) is 22.0 Å². The number of hydrogen-bond acceptors (Lipinski definition) is 1. The van der Waals surface area contributed by atoms with Gasteiger partial charge >= 0.3 is 0 Å². The molecule has 60 valence electrons. The molecule has 0 amide bonds. The van der Waals surface area contributed by atoms with Gasteiger partial charge in [0.15, 0.2) is 0 Å². The number of rotatable bonds is 2. The van der Waals surface area contributed by atoms with Crippen molar-refractivity contribution in [2.75, 3.05) is 0 Å². The van der Waals surface area contributed by atoms with Crippen molar-refractivity contribution in [3.63, 3.8) is 0 Å². The minimum Gasteiger partial charge on any atom is -0.144 e. The Labute approximate surface area is 80.1 Å². The van der Waals surface area contributed by atoms with Gasteiger partial charge in [0, 0.05) is 9.70 Å². The third-order valence-corrected chi connectivity index (χ3v) is 2.70. The zero-order chi connectivity index (χ0) is 8.27. The zero-order valence-corrected chi connectivity index (χ0v) is 9.08. The molecule has 1 aromatic heterocycles. The summed E-state index contributed by atoms with van der Waals surface area (Å²) >= 11 is 5.25. The molecule has 0 saturated carbocycles. The fourth-order valence-electron chi connectivity index (χ4n) is 0.775. The maximum Gasteiger partial charge on any atom is 0.0300 e. The Bertz CT molecular complexity index is 248. The summed E-state index contributed by atoms with van der Waals surface area (Å²) in [7, 11) is 0. The lowest BCUT2D eigenvalue weighted by Gasteiger charge is -1.91. The van der Waals surface area contributed by atoms with E-state index >= 15 is 0 Å². The summed E-state index contributed by atoms with van der Waals surface area (Å²) in [5.41, 5.74) is 1.36. The second-order valence-electron chi connectivity index (χ2n) is 2.50. The van der Waals surface area contributed by atoms with E-state index in [0.29, 0.717) is 4.83 Å². The van der Waals surface area contributed by atoms with E-state index in [4.69, 9.17) is 0 Å². The van der Waals surface area contributed by atoms with E-state index in [9.17, 15) is 0 Å². The van der Waals surface area contributed by atoms with E-state index in [1.54, 1.807) is 11.3 Å². The van der Waals surface area contributed by atoms with Gasteiger partial charge in [-0.3, -0.25) is 0 Å². The Morgan fingerprint density at radius 2 is 2.36 bits per heavy atom. The standard InChI is InChI=1S/C9H11BrS/c1-7-5-6-11-9(7)4-3-8(2)10/h3-6,8H,1-2H3/b4-3+. The normalized spacial score (nSPS) is 14.1. The molecule has 11 heavy (non-hydrogen) atoms. The first-order valence-corrected chi connectivity index (χ1v) is 5.36. The van der Waals surface area contributed by atoms with E-state index in [1.807, 2.05) is 0 Å². The van der Waals surface area contributed by atoms with Crippen molar-refractivity contribution < 1.29 is 0 Å². The molecule has 1 atom stereocenters. The molecule has 0 aliphatic rings. The van der Waals surface area contributed by atoms with Crippen molar-refractivity contribution in [3.05, 3.63) is 28.0 Å². The van der Waals surface area contributed by atoms with E-state index in [2.05, 4.69) is 53.4 Å². The van der Waals surface area contributed by atoms with E-state index in [-0.39, 0.29) is 0 Å².